The molecule has 4 rings (SSSR count). The first-order chi connectivity index (χ1) is 28.8. The fourth-order valence-electron chi connectivity index (χ4n) is 7.70. The molecule has 0 saturated heterocycles. The number of rotatable bonds is 23. The van der Waals surface area contributed by atoms with Crippen LogP contribution in [-0.2, 0) is 44.9 Å². The predicted octanol–water partition coefficient (Wildman–Crippen LogP) is 12.2. The highest BCUT2D eigenvalue weighted by Crippen LogP contribution is 2.30. The minimum Gasteiger partial charge on any atom is -0.326 e. The Morgan fingerprint density at radius 3 is 0.883 bits per heavy atom. The van der Waals surface area contributed by atoms with Crippen molar-refractivity contribution in [2.75, 3.05) is 21.3 Å². The minimum atomic E-state index is -1.19. The highest BCUT2D eigenvalue weighted by atomic mass is 16.2. The van der Waals surface area contributed by atoms with Crippen molar-refractivity contribution in [2.45, 2.75) is 145 Å². The van der Waals surface area contributed by atoms with Gasteiger partial charge in [-0.2, -0.15) is 0 Å². The van der Waals surface area contributed by atoms with E-state index in [1.165, 1.54) is 22.3 Å². The number of benzene rings is 4. The third-order valence-corrected chi connectivity index (χ3v) is 11.5. The smallest absolute Gasteiger partial charge is 0.228 e. The highest BCUT2D eigenvalue weighted by Gasteiger charge is 2.38. The number of amides is 4. The molecule has 4 aromatic carbocycles. The number of hydrogen-bond acceptors (Lipinski definition) is 4. The molecule has 0 heterocycles. The quantitative estimate of drug-likeness (QED) is 0.0596. The van der Waals surface area contributed by atoms with Crippen LogP contribution in [0.2, 0.25) is 0 Å². The highest BCUT2D eigenvalue weighted by molar-refractivity contribution is 6.05. The predicted molar refractivity (Wildman–Crippen MR) is 250 cm³/mol. The van der Waals surface area contributed by atoms with Crippen molar-refractivity contribution in [3.8, 4) is 0 Å². The Morgan fingerprint density at radius 2 is 0.650 bits per heavy atom. The third-order valence-electron chi connectivity index (χ3n) is 11.5. The van der Waals surface area contributed by atoms with E-state index in [4.69, 9.17) is 0 Å². The van der Waals surface area contributed by atoms with Gasteiger partial charge in [-0.15, -0.1) is 0 Å². The van der Waals surface area contributed by atoms with Gasteiger partial charge in [0.15, 0.2) is 0 Å². The van der Waals surface area contributed by atoms with Crippen LogP contribution in [-0.4, -0.2) is 23.6 Å². The van der Waals surface area contributed by atoms with E-state index < -0.39 is 35.5 Å². The molecule has 60 heavy (non-hydrogen) atoms. The van der Waals surface area contributed by atoms with Gasteiger partial charge in [0.25, 0.3) is 0 Å². The summed E-state index contributed by atoms with van der Waals surface area (Å²) in [6, 6.07) is 23.9. The SMILES string of the molecule is CCCCc1ccc(NC(=O)CC(C(=O)Nc2ccc(CCCC)cc2C)C(CC(=O)Nc2ccc(CCCC)cc2C)C(=O)Nc2ccc(CCCC)cc2C)c(C)c1. The first kappa shape index (κ1) is 47.4. The number of anilines is 4. The van der Waals surface area contributed by atoms with Crippen molar-refractivity contribution < 1.29 is 19.2 Å². The zero-order valence-electron chi connectivity index (χ0n) is 37.6. The lowest BCUT2D eigenvalue weighted by atomic mass is 9.84. The van der Waals surface area contributed by atoms with Gasteiger partial charge in [0.1, 0.15) is 0 Å². The van der Waals surface area contributed by atoms with Crippen LogP contribution < -0.4 is 21.3 Å². The first-order valence-corrected chi connectivity index (χ1v) is 22.4. The van der Waals surface area contributed by atoms with Crippen molar-refractivity contribution in [1.29, 1.82) is 0 Å². The Bertz CT molecular complexity index is 1920. The maximum atomic E-state index is 14.6. The summed E-state index contributed by atoms with van der Waals surface area (Å²) >= 11 is 0. The zero-order chi connectivity index (χ0) is 43.6. The summed E-state index contributed by atoms with van der Waals surface area (Å²) in [5, 5.41) is 12.2. The second-order valence-electron chi connectivity index (χ2n) is 16.7. The summed E-state index contributed by atoms with van der Waals surface area (Å²) in [6.07, 6.45) is 11.7. The van der Waals surface area contributed by atoms with Crippen LogP contribution in [0.5, 0.6) is 0 Å². The van der Waals surface area contributed by atoms with Crippen LogP contribution in [0.1, 0.15) is 136 Å². The van der Waals surface area contributed by atoms with Gasteiger partial charge in [0.2, 0.25) is 23.6 Å². The fraction of sp³-hybridized carbons (Fsp3) is 0.462. The van der Waals surface area contributed by atoms with Gasteiger partial charge in [-0.3, -0.25) is 19.2 Å². The summed E-state index contributed by atoms with van der Waals surface area (Å²) in [5.74, 6) is -4.23. The number of hydrogen-bond donors (Lipinski definition) is 4. The van der Waals surface area contributed by atoms with E-state index in [1.54, 1.807) is 0 Å². The number of carbonyl (C=O) groups is 4. The number of nitrogens with one attached hydrogen (secondary N) is 4. The largest absolute Gasteiger partial charge is 0.326 e. The molecule has 0 saturated carbocycles. The van der Waals surface area contributed by atoms with E-state index in [1.807, 2.05) is 76.2 Å². The van der Waals surface area contributed by atoms with E-state index in [0.29, 0.717) is 22.7 Å². The molecule has 322 valence electrons. The normalized spacial score (nSPS) is 12.1. The minimum absolute atomic E-state index is 0.318. The van der Waals surface area contributed by atoms with Gasteiger partial charge in [-0.05, 0) is 148 Å². The molecular formula is C52H70N4O4. The molecular weight excluding hydrogens is 745 g/mol. The van der Waals surface area contributed by atoms with Crippen LogP contribution in [0.25, 0.3) is 0 Å². The topological polar surface area (TPSA) is 116 Å². The third kappa shape index (κ3) is 14.5. The monoisotopic (exact) mass is 815 g/mol. The van der Waals surface area contributed by atoms with E-state index in [2.05, 4.69) is 73.2 Å². The van der Waals surface area contributed by atoms with E-state index in [-0.39, 0.29) is 12.8 Å². The fourth-order valence-corrected chi connectivity index (χ4v) is 7.70. The van der Waals surface area contributed by atoms with Crippen LogP contribution in [0, 0.1) is 39.5 Å². The molecule has 0 spiro atoms. The molecule has 4 aromatic rings. The number of unbranched alkanes of at least 4 members (excludes halogenated alkanes) is 4. The summed E-state index contributed by atoms with van der Waals surface area (Å²) in [5.41, 5.74) is 10.8. The molecule has 0 radical (unpaired) electrons. The molecule has 8 heteroatoms. The average Bonchev–Trinajstić information content (AvgIpc) is 3.22. The van der Waals surface area contributed by atoms with Crippen molar-refractivity contribution in [3.63, 3.8) is 0 Å². The van der Waals surface area contributed by atoms with Gasteiger partial charge in [-0.25, -0.2) is 0 Å². The molecule has 2 atom stereocenters. The van der Waals surface area contributed by atoms with Crippen molar-refractivity contribution >= 4 is 46.4 Å². The molecule has 0 fully saturated rings. The van der Waals surface area contributed by atoms with Gasteiger partial charge in [-0.1, -0.05) is 102 Å². The molecule has 0 aliphatic heterocycles. The van der Waals surface area contributed by atoms with Crippen LogP contribution in [0.4, 0.5) is 22.7 Å². The molecule has 0 aromatic heterocycles. The second kappa shape index (κ2) is 24.1. The Balaban J connectivity index is 1.71. The molecule has 0 aliphatic carbocycles. The summed E-state index contributed by atoms with van der Waals surface area (Å²) in [7, 11) is 0. The van der Waals surface area contributed by atoms with E-state index in [0.717, 1.165) is 99.3 Å². The lowest BCUT2D eigenvalue weighted by molar-refractivity contribution is -0.134. The van der Waals surface area contributed by atoms with Crippen LogP contribution in [0.3, 0.4) is 0 Å². The maximum Gasteiger partial charge on any atom is 0.228 e. The zero-order valence-corrected chi connectivity index (χ0v) is 37.6. The average molecular weight is 815 g/mol. The lowest BCUT2D eigenvalue weighted by Gasteiger charge is -2.26. The van der Waals surface area contributed by atoms with Gasteiger partial charge >= 0.3 is 0 Å². The van der Waals surface area contributed by atoms with Gasteiger partial charge in [0.05, 0.1) is 11.8 Å². The Morgan fingerprint density at radius 1 is 0.400 bits per heavy atom. The first-order valence-electron chi connectivity index (χ1n) is 22.4. The van der Waals surface area contributed by atoms with Crippen molar-refractivity contribution in [2.24, 2.45) is 11.8 Å². The molecule has 8 nitrogen and oxygen atoms in total. The second-order valence-corrected chi connectivity index (χ2v) is 16.7. The van der Waals surface area contributed by atoms with Gasteiger partial charge < -0.3 is 21.3 Å². The summed E-state index contributed by atoms with van der Waals surface area (Å²) in [6.45, 7) is 16.4. The van der Waals surface area contributed by atoms with Crippen LogP contribution in [0.15, 0.2) is 72.8 Å². The summed E-state index contributed by atoms with van der Waals surface area (Å²) < 4.78 is 0. The lowest BCUT2D eigenvalue weighted by Crippen LogP contribution is -2.41. The number of carbonyl (C=O) groups excluding carboxylic acids is 4. The summed E-state index contributed by atoms with van der Waals surface area (Å²) in [4.78, 5) is 57.4. The molecule has 0 aliphatic rings. The maximum absolute atomic E-state index is 14.6. The van der Waals surface area contributed by atoms with Crippen molar-refractivity contribution in [1.82, 2.24) is 0 Å². The molecule has 0 bridgehead atoms. The Hall–Kier alpha value is -5.24. The van der Waals surface area contributed by atoms with E-state index >= 15 is 0 Å². The molecule has 4 N–H and O–H groups in total. The molecule has 2 unspecified atom stereocenters. The standard InChI is InChI=1S/C52H70N4O4/c1-9-13-17-39-21-25-45(35(5)29-39)53-49(57)33-43(51(59)55-47-27-23-41(19-15-11-3)31-37(47)7)44(52(60)56-48-28-24-42(20-16-12-4)32-38(48)8)34-50(58)54-46-26-22-40(18-14-10-2)30-36(46)6/h21-32,43-44H,9-20,33-34H2,1-8H3,(H,53,57)(H,54,58)(H,55,59)(H,56,60). The van der Waals surface area contributed by atoms with Gasteiger partial charge in [0, 0.05) is 35.6 Å². The number of aryl methyl sites for hydroxylation is 8. The van der Waals surface area contributed by atoms with E-state index in [9.17, 15) is 19.2 Å². The Kier molecular flexibility index (Phi) is 19.1. The van der Waals surface area contributed by atoms with Crippen LogP contribution >= 0.6 is 0 Å². The Labute approximate surface area is 360 Å². The molecule has 4 amide bonds. The van der Waals surface area contributed by atoms with Crippen molar-refractivity contribution in [3.05, 3.63) is 117 Å².